The summed E-state index contributed by atoms with van der Waals surface area (Å²) >= 11 is 0. The van der Waals surface area contributed by atoms with Crippen LogP contribution in [0.2, 0.25) is 0 Å². The molecule has 1 atom stereocenters. The molecule has 0 aliphatic carbocycles. The predicted molar refractivity (Wildman–Crippen MR) is 80.9 cm³/mol. The van der Waals surface area contributed by atoms with Crippen molar-refractivity contribution < 1.29 is 4.74 Å². The minimum absolute atomic E-state index is 0.0198. The zero-order valence-corrected chi connectivity index (χ0v) is 11.8. The van der Waals surface area contributed by atoms with E-state index in [1.807, 2.05) is 18.2 Å². The molecule has 7 nitrogen and oxygen atoms in total. The topological polar surface area (TPSA) is 146 Å². The van der Waals surface area contributed by atoms with Crippen molar-refractivity contribution in [2.45, 2.75) is 5.92 Å². The van der Waals surface area contributed by atoms with Crippen LogP contribution in [0.1, 0.15) is 22.6 Å². The number of para-hydroxylation sites is 1. The van der Waals surface area contributed by atoms with Crippen molar-refractivity contribution in [1.29, 1.82) is 15.8 Å². The summed E-state index contributed by atoms with van der Waals surface area (Å²) in [5, 5.41) is 27.9. The van der Waals surface area contributed by atoms with Crippen LogP contribution >= 0.6 is 0 Å². The van der Waals surface area contributed by atoms with Crippen molar-refractivity contribution in [2.24, 2.45) is 5.92 Å². The van der Waals surface area contributed by atoms with Gasteiger partial charge in [-0.15, -0.1) is 0 Å². The Labute approximate surface area is 131 Å². The predicted octanol–water partition coefficient (Wildman–Crippen LogP) is 2.02. The minimum atomic E-state index is -1.00. The molecule has 110 valence electrons. The van der Waals surface area contributed by atoms with Crippen LogP contribution in [0.5, 0.6) is 11.6 Å². The van der Waals surface area contributed by atoms with Crippen LogP contribution in [0.3, 0.4) is 0 Å². The number of nitrogen functional groups attached to an aromatic ring is 2. The highest BCUT2D eigenvalue weighted by molar-refractivity contribution is 5.74. The molecule has 0 spiro atoms. The average Bonchev–Trinajstić information content (AvgIpc) is 2.55. The van der Waals surface area contributed by atoms with Gasteiger partial charge in [-0.2, -0.15) is 20.8 Å². The first-order valence-electron chi connectivity index (χ1n) is 6.67. The number of benzene rings is 1. The molecule has 1 aromatic carbocycles. The maximum Gasteiger partial charge on any atom is 0.227 e. The van der Waals surface area contributed by atoms with Gasteiger partial charge >= 0.3 is 0 Å². The average molecular weight is 302 g/mol. The van der Waals surface area contributed by atoms with Crippen molar-refractivity contribution in [2.75, 3.05) is 11.5 Å². The molecule has 3 rings (SSSR count). The van der Waals surface area contributed by atoms with Crippen molar-refractivity contribution in [3.8, 4) is 29.8 Å². The fourth-order valence-electron chi connectivity index (χ4n) is 2.72. The number of hydrogen-bond donors (Lipinski definition) is 2. The van der Waals surface area contributed by atoms with Gasteiger partial charge in [0, 0.05) is 17.0 Å². The first-order chi connectivity index (χ1) is 11.1. The molecule has 0 bridgehead atoms. The molecule has 23 heavy (non-hydrogen) atoms. The summed E-state index contributed by atoms with van der Waals surface area (Å²) in [5.74, 6) is -1.11. The van der Waals surface area contributed by atoms with Crippen LogP contribution in [-0.2, 0) is 0 Å². The Kier molecular flexibility index (Phi) is 3.22. The van der Waals surface area contributed by atoms with Gasteiger partial charge in [0.2, 0.25) is 5.88 Å². The van der Waals surface area contributed by atoms with E-state index in [-0.39, 0.29) is 22.9 Å². The molecule has 4 N–H and O–H groups in total. The first kappa shape index (κ1) is 14.2. The van der Waals surface area contributed by atoms with Crippen molar-refractivity contribution in [1.82, 2.24) is 4.98 Å². The standard InChI is InChI=1S/C16H10N6O/c17-5-8(6-18)12-9-3-1-2-4-11(9)23-16-13(12)14(20)10(7-19)15(21)22-16/h1-4,8,12H,(H4,20,21,22)/t12-/m0/s1. The molecule has 0 amide bonds. The van der Waals surface area contributed by atoms with E-state index >= 15 is 0 Å². The highest BCUT2D eigenvalue weighted by atomic mass is 16.5. The third kappa shape index (κ3) is 1.98. The summed E-state index contributed by atoms with van der Waals surface area (Å²) in [5.41, 5.74) is 12.9. The second-order valence-electron chi connectivity index (χ2n) is 4.97. The molecular formula is C16H10N6O. The SMILES string of the molecule is N#Cc1c(N)nc2c(c1N)[C@@H](C(C#N)C#N)c1ccccc1O2. The second-order valence-corrected chi connectivity index (χ2v) is 4.97. The number of aromatic nitrogens is 1. The molecule has 0 unspecified atom stereocenters. The van der Waals surface area contributed by atoms with Gasteiger partial charge in [-0.1, -0.05) is 18.2 Å². The number of anilines is 2. The third-order valence-electron chi connectivity index (χ3n) is 3.76. The summed E-state index contributed by atoms with van der Waals surface area (Å²) in [7, 11) is 0. The second kappa shape index (κ2) is 5.22. The molecule has 0 fully saturated rings. The first-order valence-corrected chi connectivity index (χ1v) is 6.67. The highest BCUT2D eigenvalue weighted by Gasteiger charge is 2.37. The Bertz CT molecular complexity index is 917. The summed E-state index contributed by atoms with van der Waals surface area (Å²) < 4.78 is 5.71. The van der Waals surface area contributed by atoms with Gasteiger partial charge in [-0.05, 0) is 6.07 Å². The third-order valence-corrected chi connectivity index (χ3v) is 3.76. The molecule has 0 saturated heterocycles. The monoisotopic (exact) mass is 302 g/mol. The fraction of sp³-hybridized carbons (Fsp3) is 0.125. The van der Waals surface area contributed by atoms with Gasteiger partial charge in [0.15, 0.2) is 0 Å². The van der Waals surface area contributed by atoms with E-state index in [0.717, 1.165) is 0 Å². The molecular weight excluding hydrogens is 292 g/mol. The molecule has 1 aromatic heterocycles. The molecule has 2 heterocycles. The number of fused-ring (bicyclic) bond motifs is 2. The van der Waals surface area contributed by atoms with E-state index in [1.54, 1.807) is 24.3 Å². The van der Waals surface area contributed by atoms with E-state index in [1.165, 1.54) is 0 Å². The summed E-state index contributed by atoms with van der Waals surface area (Å²) in [4.78, 5) is 4.08. The molecule has 0 saturated carbocycles. The molecule has 1 aliphatic heterocycles. The molecule has 0 radical (unpaired) electrons. The van der Waals surface area contributed by atoms with Gasteiger partial charge in [-0.3, -0.25) is 0 Å². The van der Waals surface area contributed by atoms with E-state index in [0.29, 0.717) is 16.9 Å². The van der Waals surface area contributed by atoms with Crippen LogP contribution < -0.4 is 16.2 Å². The lowest BCUT2D eigenvalue weighted by Crippen LogP contribution is -2.21. The number of nitriles is 3. The number of nitrogens with zero attached hydrogens (tertiary/aromatic N) is 4. The van der Waals surface area contributed by atoms with Gasteiger partial charge in [0.1, 0.15) is 29.1 Å². The Balaban J connectivity index is 2.36. The summed E-state index contributed by atoms with van der Waals surface area (Å²) in [6.07, 6.45) is 0. The molecule has 7 heteroatoms. The van der Waals surface area contributed by atoms with Crippen molar-refractivity contribution in [3.05, 3.63) is 41.0 Å². The lowest BCUT2D eigenvalue weighted by Gasteiger charge is -2.29. The van der Waals surface area contributed by atoms with Gasteiger partial charge in [-0.25, -0.2) is 0 Å². The number of rotatable bonds is 1. The number of nitrogens with two attached hydrogens (primary N) is 2. The lowest BCUT2D eigenvalue weighted by atomic mass is 9.79. The van der Waals surface area contributed by atoms with Gasteiger partial charge in [0.05, 0.1) is 17.8 Å². The number of pyridine rings is 1. The Morgan fingerprint density at radius 2 is 1.83 bits per heavy atom. The van der Waals surface area contributed by atoms with Gasteiger partial charge < -0.3 is 16.2 Å². The zero-order chi connectivity index (χ0) is 16.6. The normalized spacial score (nSPS) is 14.6. The van der Waals surface area contributed by atoms with Crippen LogP contribution in [0.25, 0.3) is 0 Å². The smallest absolute Gasteiger partial charge is 0.227 e. The van der Waals surface area contributed by atoms with Gasteiger partial charge in [0.25, 0.3) is 0 Å². The Morgan fingerprint density at radius 3 is 2.48 bits per heavy atom. The quantitative estimate of drug-likeness (QED) is 0.819. The maximum absolute atomic E-state index is 9.34. The minimum Gasteiger partial charge on any atom is -0.438 e. The number of hydrogen-bond acceptors (Lipinski definition) is 7. The van der Waals surface area contributed by atoms with E-state index in [2.05, 4.69) is 4.98 Å². The van der Waals surface area contributed by atoms with Crippen molar-refractivity contribution in [3.63, 3.8) is 0 Å². The van der Waals surface area contributed by atoms with Crippen LogP contribution in [0.4, 0.5) is 11.5 Å². The fourth-order valence-corrected chi connectivity index (χ4v) is 2.72. The summed E-state index contributed by atoms with van der Waals surface area (Å²) in [6.45, 7) is 0. The van der Waals surface area contributed by atoms with Crippen molar-refractivity contribution >= 4 is 11.5 Å². The molecule has 1 aliphatic rings. The zero-order valence-electron chi connectivity index (χ0n) is 11.8. The Morgan fingerprint density at radius 1 is 1.13 bits per heavy atom. The Hall–Kier alpha value is -3.76. The maximum atomic E-state index is 9.34. The largest absolute Gasteiger partial charge is 0.438 e. The lowest BCUT2D eigenvalue weighted by molar-refractivity contribution is 0.422. The number of ether oxygens (including phenoxy) is 1. The highest BCUT2D eigenvalue weighted by Crippen LogP contribution is 2.49. The summed E-state index contributed by atoms with van der Waals surface area (Å²) in [6, 6.07) is 12.8. The molecule has 2 aromatic rings. The van der Waals surface area contributed by atoms with E-state index in [9.17, 15) is 15.8 Å². The van der Waals surface area contributed by atoms with Crippen LogP contribution in [-0.4, -0.2) is 4.98 Å². The van der Waals surface area contributed by atoms with Crippen LogP contribution in [0, 0.1) is 39.9 Å². The van der Waals surface area contributed by atoms with E-state index < -0.39 is 11.8 Å². The van der Waals surface area contributed by atoms with E-state index in [4.69, 9.17) is 16.2 Å². The van der Waals surface area contributed by atoms with Crippen LogP contribution in [0.15, 0.2) is 24.3 Å².